The Kier molecular flexibility index (Phi) is 4.00. The van der Waals surface area contributed by atoms with Crippen LogP contribution in [0, 0.1) is 5.92 Å². The molecule has 20 heavy (non-hydrogen) atoms. The van der Waals surface area contributed by atoms with Gasteiger partial charge in [0, 0.05) is 18.4 Å². The molecular weight excluding hydrogens is 248 g/mol. The van der Waals surface area contributed by atoms with Crippen molar-refractivity contribution in [2.45, 2.75) is 45.1 Å². The van der Waals surface area contributed by atoms with Crippen molar-refractivity contribution >= 4 is 5.69 Å². The molecule has 1 fully saturated rings. The van der Waals surface area contributed by atoms with Crippen LogP contribution in [0.25, 0.3) is 5.82 Å². The normalized spacial score (nSPS) is 17.9. The van der Waals surface area contributed by atoms with E-state index in [1.54, 1.807) is 10.9 Å². The third kappa shape index (κ3) is 3.00. The number of hydrogen-bond acceptors (Lipinski definition) is 3. The van der Waals surface area contributed by atoms with E-state index in [2.05, 4.69) is 28.4 Å². The zero-order chi connectivity index (χ0) is 13.8. The van der Waals surface area contributed by atoms with E-state index in [1.165, 1.54) is 32.1 Å². The van der Waals surface area contributed by atoms with Gasteiger partial charge >= 0.3 is 0 Å². The Bertz CT molecular complexity index is 512. The van der Waals surface area contributed by atoms with Crippen molar-refractivity contribution in [1.29, 1.82) is 0 Å². The minimum atomic E-state index is 0.521. The van der Waals surface area contributed by atoms with Crippen LogP contribution in [0.1, 0.15) is 39.0 Å². The van der Waals surface area contributed by atoms with E-state index >= 15 is 0 Å². The lowest BCUT2D eigenvalue weighted by atomic mass is 9.84. The Morgan fingerprint density at radius 3 is 2.75 bits per heavy atom. The summed E-state index contributed by atoms with van der Waals surface area (Å²) in [6.07, 6.45) is 12.4. The fraction of sp³-hybridized carbons (Fsp3) is 0.500. The molecule has 0 aromatic carbocycles. The quantitative estimate of drug-likeness (QED) is 0.922. The molecule has 4 nitrogen and oxygen atoms in total. The number of nitrogens with zero attached hydrogens (tertiary/aromatic N) is 3. The van der Waals surface area contributed by atoms with E-state index < -0.39 is 0 Å². The third-order valence-corrected chi connectivity index (χ3v) is 4.24. The van der Waals surface area contributed by atoms with Gasteiger partial charge in [0.2, 0.25) is 0 Å². The lowest BCUT2D eigenvalue weighted by Gasteiger charge is -2.28. The molecule has 3 rings (SSSR count). The number of pyridine rings is 1. The molecule has 1 saturated carbocycles. The van der Waals surface area contributed by atoms with Crippen molar-refractivity contribution in [3.05, 3.63) is 36.8 Å². The molecule has 0 bridgehead atoms. The number of hydrogen-bond donors (Lipinski definition) is 1. The number of nitrogens with one attached hydrogen (secondary N) is 1. The van der Waals surface area contributed by atoms with Crippen molar-refractivity contribution < 1.29 is 0 Å². The highest BCUT2D eigenvalue weighted by molar-refractivity contribution is 5.44. The maximum Gasteiger partial charge on any atom is 0.153 e. The Morgan fingerprint density at radius 1 is 1.25 bits per heavy atom. The first-order valence-electron chi connectivity index (χ1n) is 7.55. The van der Waals surface area contributed by atoms with Gasteiger partial charge in [-0.15, -0.1) is 0 Å². The zero-order valence-corrected chi connectivity index (χ0v) is 12.0. The predicted molar refractivity (Wildman–Crippen MR) is 81.0 cm³/mol. The average molecular weight is 270 g/mol. The summed E-state index contributed by atoms with van der Waals surface area (Å²) in [6, 6.07) is 6.51. The van der Waals surface area contributed by atoms with Gasteiger partial charge in [-0.3, -0.25) is 0 Å². The Balaban J connectivity index is 1.63. The van der Waals surface area contributed by atoms with Crippen molar-refractivity contribution in [3.63, 3.8) is 0 Å². The minimum Gasteiger partial charge on any atom is -0.381 e. The molecule has 1 aliphatic carbocycles. The van der Waals surface area contributed by atoms with Crippen LogP contribution < -0.4 is 5.32 Å². The summed E-state index contributed by atoms with van der Waals surface area (Å²) in [7, 11) is 0. The van der Waals surface area contributed by atoms with Crippen LogP contribution in [0.3, 0.4) is 0 Å². The first kappa shape index (κ1) is 13.2. The van der Waals surface area contributed by atoms with Crippen LogP contribution >= 0.6 is 0 Å². The molecule has 2 aromatic heterocycles. The number of rotatable bonds is 4. The summed E-state index contributed by atoms with van der Waals surface area (Å²) >= 11 is 0. The van der Waals surface area contributed by atoms with Gasteiger partial charge < -0.3 is 5.32 Å². The molecule has 1 N–H and O–H groups in total. The summed E-state index contributed by atoms with van der Waals surface area (Å²) in [5.74, 6) is 1.65. The minimum absolute atomic E-state index is 0.521. The molecule has 106 valence electrons. The SMILES string of the molecule is CC(Nc1ccc(-n2cccn2)nc1)C1CCCCC1. The second-order valence-electron chi connectivity index (χ2n) is 5.69. The van der Waals surface area contributed by atoms with Gasteiger partial charge in [-0.05, 0) is 43.9 Å². The summed E-state index contributed by atoms with van der Waals surface area (Å²) in [5, 5.41) is 7.78. The first-order valence-corrected chi connectivity index (χ1v) is 7.55. The Hall–Kier alpha value is -1.84. The second kappa shape index (κ2) is 6.07. The van der Waals surface area contributed by atoms with Crippen LogP contribution in [0.15, 0.2) is 36.8 Å². The van der Waals surface area contributed by atoms with E-state index in [9.17, 15) is 0 Å². The molecule has 0 spiro atoms. The number of anilines is 1. The van der Waals surface area contributed by atoms with Crippen LogP contribution in [0.2, 0.25) is 0 Å². The molecule has 1 atom stereocenters. The summed E-state index contributed by atoms with van der Waals surface area (Å²) in [6.45, 7) is 2.29. The van der Waals surface area contributed by atoms with Crippen LogP contribution in [0.4, 0.5) is 5.69 Å². The van der Waals surface area contributed by atoms with Gasteiger partial charge in [0.05, 0.1) is 11.9 Å². The third-order valence-electron chi connectivity index (χ3n) is 4.24. The van der Waals surface area contributed by atoms with Crippen LogP contribution in [-0.2, 0) is 0 Å². The molecule has 0 amide bonds. The summed E-state index contributed by atoms with van der Waals surface area (Å²) in [5.41, 5.74) is 1.10. The Morgan fingerprint density at radius 2 is 2.10 bits per heavy atom. The highest BCUT2D eigenvalue weighted by atomic mass is 15.3. The highest BCUT2D eigenvalue weighted by Gasteiger charge is 2.19. The fourth-order valence-electron chi connectivity index (χ4n) is 3.03. The van der Waals surface area contributed by atoms with Crippen molar-refractivity contribution in [3.8, 4) is 5.82 Å². The van der Waals surface area contributed by atoms with E-state index in [0.29, 0.717) is 6.04 Å². The van der Waals surface area contributed by atoms with Gasteiger partial charge in [0.1, 0.15) is 0 Å². The molecule has 2 aromatic rings. The average Bonchev–Trinajstić information content (AvgIpc) is 3.03. The topological polar surface area (TPSA) is 42.7 Å². The van der Waals surface area contributed by atoms with Crippen LogP contribution in [0.5, 0.6) is 0 Å². The highest BCUT2D eigenvalue weighted by Crippen LogP contribution is 2.27. The van der Waals surface area contributed by atoms with Gasteiger partial charge in [-0.25, -0.2) is 9.67 Å². The monoisotopic (exact) mass is 270 g/mol. The van der Waals surface area contributed by atoms with Crippen molar-refractivity contribution in [1.82, 2.24) is 14.8 Å². The molecule has 0 radical (unpaired) electrons. The molecule has 0 aliphatic heterocycles. The van der Waals surface area contributed by atoms with Gasteiger partial charge in [0.15, 0.2) is 5.82 Å². The predicted octanol–water partition coefficient (Wildman–Crippen LogP) is 3.65. The van der Waals surface area contributed by atoms with Crippen LogP contribution in [-0.4, -0.2) is 20.8 Å². The van der Waals surface area contributed by atoms with Gasteiger partial charge in [-0.1, -0.05) is 19.3 Å². The van der Waals surface area contributed by atoms with Gasteiger partial charge in [-0.2, -0.15) is 5.10 Å². The van der Waals surface area contributed by atoms with E-state index in [0.717, 1.165) is 17.4 Å². The lowest BCUT2D eigenvalue weighted by Crippen LogP contribution is -2.27. The smallest absolute Gasteiger partial charge is 0.153 e. The standard InChI is InChI=1S/C16H22N4/c1-13(14-6-3-2-4-7-14)19-15-8-9-16(17-12-15)20-11-5-10-18-20/h5,8-14,19H,2-4,6-7H2,1H3. The maximum absolute atomic E-state index is 4.46. The van der Waals surface area contributed by atoms with Crippen molar-refractivity contribution in [2.24, 2.45) is 5.92 Å². The zero-order valence-electron chi connectivity index (χ0n) is 12.0. The largest absolute Gasteiger partial charge is 0.381 e. The van der Waals surface area contributed by atoms with E-state index in [1.807, 2.05) is 24.5 Å². The van der Waals surface area contributed by atoms with Gasteiger partial charge in [0.25, 0.3) is 0 Å². The molecule has 1 unspecified atom stereocenters. The molecule has 2 heterocycles. The first-order chi connectivity index (χ1) is 9.83. The summed E-state index contributed by atoms with van der Waals surface area (Å²) < 4.78 is 1.77. The molecular formula is C16H22N4. The maximum atomic E-state index is 4.46. The molecule has 4 heteroatoms. The summed E-state index contributed by atoms with van der Waals surface area (Å²) in [4.78, 5) is 4.46. The number of aromatic nitrogens is 3. The lowest BCUT2D eigenvalue weighted by molar-refractivity contribution is 0.328. The fourth-order valence-corrected chi connectivity index (χ4v) is 3.03. The molecule has 1 aliphatic rings. The molecule has 0 saturated heterocycles. The second-order valence-corrected chi connectivity index (χ2v) is 5.69. The van der Waals surface area contributed by atoms with Crippen molar-refractivity contribution in [2.75, 3.05) is 5.32 Å². The van der Waals surface area contributed by atoms with E-state index in [-0.39, 0.29) is 0 Å². The Labute approximate surface area is 120 Å². The van der Waals surface area contributed by atoms with E-state index in [4.69, 9.17) is 0 Å².